The molecule has 29 heavy (non-hydrogen) atoms. The third-order valence-corrected chi connectivity index (χ3v) is 6.89. The summed E-state index contributed by atoms with van der Waals surface area (Å²) in [4.78, 5) is 21.4. The SMILES string of the molecule is COc1ccc(C(=O)c2cc3cc(C)n(CCN4CCC(OC)CC4)c3s2)cn1. The monoisotopic (exact) mass is 413 g/mol. The smallest absolute Gasteiger partial charge is 0.212 e. The van der Waals surface area contributed by atoms with Gasteiger partial charge in [-0.3, -0.25) is 4.79 Å². The Hall–Kier alpha value is -2.22. The van der Waals surface area contributed by atoms with Gasteiger partial charge in [-0.1, -0.05) is 0 Å². The number of thiophene rings is 1. The quantitative estimate of drug-likeness (QED) is 0.552. The van der Waals surface area contributed by atoms with Crippen molar-refractivity contribution < 1.29 is 14.3 Å². The predicted octanol–water partition coefficient (Wildman–Crippen LogP) is 3.76. The van der Waals surface area contributed by atoms with Gasteiger partial charge >= 0.3 is 0 Å². The molecule has 4 rings (SSSR count). The minimum atomic E-state index is 0.00666. The largest absolute Gasteiger partial charge is 0.481 e. The molecular weight excluding hydrogens is 386 g/mol. The Morgan fingerprint density at radius 2 is 2.00 bits per heavy atom. The van der Waals surface area contributed by atoms with Gasteiger partial charge in [-0.2, -0.15) is 0 Å². The van der Waals surface area contributed by atoms with E-state index in [1.54, 1.807) is 43.9 Å². The standard InChI is InChI=1S/C22H27N3O3S/c1-15-12-17-13-19(21(26)16-4-5-20(28-3)23-14-16)29-22(17)25(15)11-10-24-8-6-18(27-2)7-9-24/h4-5,12-14,18H,6-11H2,1-3H3. The second kappa shape index (κ2) is 8.65. The third kappa shape index (κ3) is 4.22. The summed E-state index contributed by atoms with van der Waals surface area (Å²) in [5, 5.41) is 1.13. The van der Waals surface area contributed by atoms with E-state index in [1.165, 1.54) is 10.5 Å². The number of ketones is 1. The van der Waals surface area contributed by atoms with Crippen molar-refractivity contribution in [1.29, 1.82) is 0 Å². The number of aryl methyl sites for hydroxylation is 1. The molecule has 3 aromatic heterocycles. The maximum absolute atomic E-state index is 12.9. The average molecular weight is 414 g/mol. The number of hydrogen-bond donors (Lipinski definition) is 0. The molecule has 0 saturated carbocycles. The number of piperidine rings is 1. The zero-order valence-electron chi connectivity index (χ0n) is 17.2. The molecule has 0 N–H and O–H groups in total. The molecule has 0 amide bonds. The van der Waals surface area contributed by atoms with E-state index >= 15 is 0 Å². The summed E-state index contributed by atoms with van der Waals surface area (Å²) in [5.74, 6) is 0.515. The number of ether oxygens (including phenoxy) is 2. The normalized spacial score (nSPS) is 15.8. The van der Waals surface area contributed by atoms with Crippen LogP contribution in [0.25, 0.3) is 10.2 Å². The summed E-state index contributed by atoms with van der Waals surface area (Å²) in [5.41, 5.74) is 1.82. The molecule has 3 aromatic rings. The number of methoxy groups -OCH3 is 2. The van der Waals surface area contributed by atoms with E-state index < -0.39 is 0 Å². The van der Waals surface area contributed by atoms with Crippen LogP contribution in [0.1, 0.15) is 33.8 Å². The molecule has 0 aromatic carbocycles. The Labute approximate surface area is 175 Å². The second-order valence-corrected chi connectivity index (χ2v) is 8.53. The number of hydrogen-bond acceptors (Lipinski definition) is 6. The fourth-order valence-electron chi connectivity index (χ4n) is 3.95. The van der Waals surface area contributed by atoms with E-state index in [0.717, 1.165) is 49.3 Å². The van der Waals surface area contributed by atoms with Gasteiger partial charge in [0, 0.05) is 62.2 Å². The van der Waals surface area contributed by atoms with Gasteiger partial charge in [-0.15, -0.1) is 11.3 Å². The number of likely N-dealkylation sites (tertiary alicyclic amines) is 1. The van der Waals surface area contributed by atoms with Crippen LogP contribution in [0.2, 0.25) is 0 Å². The van der Waals surface area contributed by atoms with Crippen molar-refractivity contribution in [3.63, 3.8) is 0 Å². The molecule has 0 radical (unpaired) electrons. The molecule has 1 aliphatic heterocycles. The fraction of sp³-hybridized carbons (Fsp3) is 0.455. The molecule has 0 aliphatic carbocycles. The Bertz CT molecular complexity index is 985. The Morgan fingerprint density at radius 1 is 1.21 bits per heavy atom. The zero-order chi connectivity index (χ0) is 20.4. The van der Waals surface area contributed by atoms with Crippen molar-refractivity contribution in [3.05, 3.63) is 46.6 Å². The van der Waals surface area contributed by atoms with Crippen LogP contribution in [0, 0.1) is 6.92 Å². The molecule has 0 spiro atoms. The van der Waals surface area contributed by atoms with Gasteiger partial charge in [-0.25, -0.2) is 4.98 Å². The summed E-state index contributed by atoms with van der Waals surface area (Å²) in [6.07, 6.45) is 4.19. The van der Waals surface area contributed by atoms with Crippen LogP contribution < -0.4 is 4.74 Å². The summed E-state index contributed by atoms with van der Waals surface area (Å²) in [6, 6.07) is 7.66. The zero-order valence-corrected chi connectivity index (χ0v) is 18.0. The first-order valence-electron chi connectivity index (χ1n) is 9.98. The lowest BCUT2D eigenvalue weighted by molar-refractivity contribution is 0.0403. The van der Waals surface area contributed by atoms with Crippen molar-refractivity contribution in [2.75, 3.05) is 33.9 Å². The van der Waals surface area contributed by atoms with Gasteiger partial charge in [0.25, 0.3) is 0 Å². The van der Waals surface area contributed by atoms with E-state index in [0.29, 0.717) is 17.5 Å². The first kappa shape index (κ1) is 20.1. The van der Waals surface area contributed by atoms with E-state index in [-0.39, 0.29) is 5.78 Å². The number of fused-ring (bicyclic) bond motifs is 1. The molecule has 4 heterocycles. The number of pyridine rings is 1. The topological polar surface area (TPSA) is 56.6 Å². The lowest BCUT2D eigenvalue weighted by atomic mass is 10.1. The first-order valence-corrected chi connectivity index (χ1v) is 10.8. The number of carbonyl (C=O) groups excluding carboxylic acids is 1. The van der Waals surface area contributed by atoms with Gasteiger partial charge in [0.15, 0.2) is 0 Å². The predicted molar refractivity (Wildman–Crippen MR) is 115 cm³/mol. The molecule has 1 saturated heterocycles. The van der Waals surface area contributed by atoms with E-state index in [4.69, 9.17) is 9.47 Å². The molecule has 1 fully saturated rings. The second-order valence-electron chi connectivity index (χ2n) is 7.50. The number of nitrogens with zero attached hydrogens (tertiary/aromatic N) is 3. The van der Waals surface area contributed by atoms with Crippen molar-refractivity contribution in [3.8, 4) is 5.88 Å². The molecule has 6 nitrogen and oxygen atoms in total. The molecule has 0 atom stereocenters. The Kier molecular flexibility index (Phi) is 5.99. The van der Waals surface area contributed by atoms with E-state index in [2.05, 4.69) is 27.4 Å². The van der Waals surface area contributed by atoms with Crippen LogP contribution in [0.3, 0.4) is 0 Å². The summed E-state index contributed by atoms with van der Waals surface area (Å²) < 4.78 is 12.9. The molecule has 1 aliphatic rings. The van der Waals surface area contributed by atoms with Crippen LogP contribution in [-0.2, 0) is 11.3 Å². The number of rotatable bonds is 7. The van der Waals surface area contributed by atoms with Crippen molar-refractivity contribution in [2.45, 2.75) is 32.4 Å². The Morgan fingerprint density at radius 3 is 2.66 bits per heavy atom. The highest BCUT2D eigenvalue weighted by Crippen LogP contribution is 2.30. The molecule has 154 valence electrons. The molecular formula is C22H27N3O3S. The van der Waals surface area contributed by atoms with Crippen molar-refractivity contribution >= 4 is 27.3 Å². The highest BCUT2D eigenvalue weighted by atomic mass is 32.1. The maximum atomic E-state index is 12.9. The Balaban J connectivity index is 1.48. The average Bonchev–Trinajstić information content (AvgIpc) is 3.29. The molecule has 0 bridgehead atoms. The number of aromatic nitrogens is 2. The highest BCUT2D eigenvalue weighted by Gasteiger charge is 2.20. The van der Waals surface area contributed by atoms with Gasteiger partial charge in [0.1, 0.15) is 4.83 Å². The minimum Gasteiger partial charge on any atom is -0.481 e. The van der Waals surface area contributed by atoms with E-state index in [1.807, 2.05) is 6.07 Å². The number of carbonyl (C=O) groups is 1. The van der Waals surface area contributed by atoms with Gasteiger partial charge in [0.2, 0.25) is 11.7 Å². The van der Waals surface area contributed by atoms with E-state index in [9.17, 15) is 4.79 Å². The molecule has 0 unspecified atom stereocenters. The van der Waals surface area contributed by atoms with Crippen LogP contribution in [0.5, 0.6) is 5.88 Å². The van der Waals surface area contributed by atoms with Crippen molar-refractivity contribution in [2.24, 2.45) is 0 Å². The van der Waals surface area contributed by atoms with Crippen LogP contribution in [-0.4, -0.2) is 60.2 Å². The van der Waals surface area contributed by atoms with Crippen LogP contribution in [0.4, 0.5) is 0 Å². The summed E-state index contributed by atoms with van der Waals surface area (Å²) >= 11 is 1.56. The van der Waals surface area contributed by atoms with Gasteiger partial charge in [0.05, 0.1) is 18.1 Å². The van der Waals surface area contributed by atoms with Gasteiger partial charge < -0.3 is 18.9 Å². The molecule has 7 heteroatoms. The lowest BCUT2D eigenvalue weighted by Crippen LogP contribution is -2.38. The van der Waals surface area contributed by atoms with Gasteiger partial charge in [-0.05, 0) is 38.0 Å². The van der Waals surface area contributed by atoms with Crippen LogP contribution in [0.15, 0.2) is 30.5 Å². The minimum absolute atomic E-state index is 0.00666. The fourth-order valence-corrected chi connectivity index (χ4v) is 5.14. The van der Waals surface area contributed by atoms with Crippen molar-refractivity contribution in [1.82, 2.24) is 14.5 Å². The highest BCUT2D eigenvalue weighted by molar-refractivity contribution is 7.20. The summed E-state index contributed by atoms with van der Waals surface area (Å²) in [7, 11) is 3.37. The lowest BCUT2D eigenvalue weighted by Gasteiger charge is -2.31. The third-order valence-electron chi connectivity index (χ3n) is 5.71. The maximum Gasteiger partial charge on any atom is 0.212 e. The first-order chi connectivity index (χ1) is 14.1. The van der Waals surface area contributed by atoms with Crippen LogP contribution >= 0.6 is 11.3 Å². The summed E-state index contributed by atoms with van der Waals surface area (Å²) in [6.45, 7) is 6.26.